The Labute approximate surface area is 119 Å². The number of benzene rings is 2. The second-order valence-electron chi connectivity index (χ2n) is 4.12. The summed E-state index contributed by atoms with van der Waals surface area (Å²) in [5.74, 6) is 1.33. The van der Waals surface area contributed by atoms with Gasteiger partial charge in [-0.05, 0) is 30.3 Å². The second kappa shape index (κ2) is 4.90. The Hall–Kier alpha value is -2.07. The van der Waals surface area contributed by atoms with Crippen molar-refractivity contribution in [1.82, 2.24) is 4.98 Å². The number of rotatable bonds is 2. The number of nitrogens with two attached hydrogens (primary N) is 1. The SMILES string of the molecule is Nc1cc(Br)ccc1Oc1cccc2cccnc12. The first kappa shape index (κ1) is 12.0. The monoisotopic (exact) mass is 314 g/mol. The standard InChI is InChI=1S/C15H11BrN2O/c16-11-6-7-13(12(17)9-11)19-14-5-1-3-10-4-2-8-18-15(10)14/h1-9H,17H2. The van der Waals surface area contributed by atoms with Gasteiger partial charge in [0.2, 0.25) is 0 Å². The summed E-state index contributed by atoms with van der Waals surface area (Å²) in [5, 5.41) is 1.04. The minimum Gasteiger partial charge on any atom is -0.453 e. The fourth-order valence-corrected chi connectivity index (χ4v) is 2.27. The lowest BCUT2D eigenvalue weighted by Crippen LogP contribution is -1.93. The van der Waals surface area contributed by atoms with Crippen LogP contribution in [0.2, 0.25) is 0 Å². The van der Waals surface area contributed by atoms with Crippen LogP contribution in [0, 0.1) is 0 Å². The molecule has 4 heteroatoms. The van der Waals surface area contributed by atoms with E-state index in [9.17, 15) is 0 Å². The molecule has 0 saturated heterocycles. The first-order chi connectivity index (χ1) is 9.24. The molecule has 0 saturated carbocycles. The van der Waals surface area contributed by atoms with Gasteiger partial charge in [0.05, 0.1) is 5.69 Å². The normalized spacial score (nSPS) is 10.6. The molecule has 0 spiro atoms. The number of nitrogen functional groups attached to an aromatic ring is 1. The van der Waals surface area contributed by atoms with E-state index in [4.69, 9.17) is 10.5 Å². The van der Waals surface area contributed by atoms with Crippen LogP contribution in [0.3, 0.4) is 0 Å². The van der Waals surface area contributed by atoms with Gasteiger partial charge in [0.25, 0.3) is 0 Å². The highest BCUT2D eigenvalue weighted by atomic mass is 79.9. The number of anilines is 1. The van der Waals surface area contributed by atoms with E-state index in [2.05, 4.69) is 20.9 Å². The Bertz CT molecular complexity index is 738. The van der Waals surface area contributed by atoms with Gasteiger partial charge in [0, 0.05) is 16.1 Å². The van der Waals surface area contributed by atoms with Crippen LogP contribution in [0.15, 0.2) is 59.2 Å². The molecule has 0 aliphatic rings. The van der Waals surface area contributed by atoms with Gasteiger partial charge in [-0.1, -0.05) is 34.1 Å². The van der Waals surface area contributed by atoms with Crippen molar-refractivity contribution in [2.45, 2.75) is 0 Å². The zero-order valence-electron chi connectivity index (χ0n) is 10.0. The van der Waals surface area contributed by atoms with Crippen LogP contribution in [0.1, 0.15) is 0 Å². The average molecular weight is 315 g/mol. The van der Waals surface area contributed by atoms with E-state index in [0.717, 1.165) is 15.4 Å². The zero-order chi connectivity index (χ0) is 13.2. The third-order valence-electron chi connectivity index (χ3n) is 2.79. The van der Waals surface area contributed by atoms with Gasteiger partial charge in [0.15, 0.2) is 5.75 Å². The summed E-state index contributed by atoms with van der Waals surface area (Å²) in [6, 6.07) is 15.3. The maximum atomic E-state index is 5.94. The van der Waals surface area contributed by atoms with Crippen molar-refractivity contribution in [2.24, 2.45) is 0 Å². The summed E-state index contributed by atoms with van der Waals surface area (Å²) in [5.41, 5.74) is 7.35. The lowest BCUT2D eigenvalue weighted by Gasteiger charge is -2.10. The minimum absolute atomic E-state index is 0.585. The van der Waals surface area contributed by atoms with Crippen LogP contribution in [0.5, 0.6) is 11.5 Å². The molecule has 3 aromatic rings. The molecule has 3 rings (SSSR count). The van der Waals surface area contributed by atoms with Crippen LogP contribution in [0.4, 0.5) is 5.69 Å². The van der Waals surface area contributed by atoms with Gasteiger partial charge in [-0.2, -0.15) is 0 Å². The van der Waals surface area contributed by atoms with Crippen LogP contribution in [-0.2, 0) is 0 Å². The van der Waals surface area contributed by atoms with E-state index in [1.54, 1.807) is 6.20 Å². The molecule has 0 unspecified atom stereocenters. The summed E-state index contributed by atoms with van der Waals surface area (Å²) in [6.45, 7) is 0. The van der Waals surface area contributed by atoms with Crippen molar-refractivity contribution in [3.8, 4) is 11.5 Å². The highest BCUT2D eigenvalue weighted by molar-refractivity contribution is 9.10. The molecule has 2 N–H and O–H groups in total. The zero-order valence-corrected chi connectivity index (χ0v) is 11.6. The molecule has 0 radical (unpaired) electrons. The van der Waals surface area contributed by atoms with Crippen LogP contribution in [-0.4, -0.2) is 4.98 Å². The fraction of sp³-hybridized carbons (Fsp3) is 0. The van der Waals surface area contributed by atoms with Crippen LogP contribution >= 0.6 is 15.9 Å². The number of fused-ring (bicyclic) bond motifs is 1. The van der Waals surface area contributed by atoms with Gasteiger partial charge >= 0.3 is 0 Å². The minimum atomic E-state index is 0.585. The van der Waals surface area contributed by atoms with Crippen molar-refractivity contribution < 1.29 is 4.74 Å². The largest absolute Gasteiger partial charge is 0.453 e. The third-order valence-corrected chi connectivity index (χ3v) is 3.28. The van der Waals surface area contributed by atoms with Crippen molar-refractivity contribution in [1.29, 1.82) is 0 Å². The van der Waals surface area contributed by atoms with Gasteiger partial charge in [-0.25, -0.2) is 0 Å². The molecule has 3 nitrogen and oxygen atoms in total. The molecular formula is C15H11BrN2O. The smallest absolute Gasteiger partial charge is 0.153 e. The molecule has 0 atom stereocenters. The van der Waals surface area contributed by atoms with Crippen molar-refractivity contribution in [3.05, 3.63) is 59.2 Å². The predicted molar refractivity (Wildman–Crippen MR) is 80.4 cm³/mol. The Morgan fingerprint density at radius 1 is 1.00 bits per heavy atom. The molecule has 19 heavy (non-hydrogen) atoms. The number of nitrogens with zero attached hydrogens (tertiary/aromatic N) is 1. The van der Waals surface area contributed by atoms with Crippen molar-refractivity contribution >= 4 is 32.5 Å². The van der Waals surface area contributed by atoms with E-state index in [1.165, 1.54) is 0 Å². The Morgan fingerprint density at radius 3 is 2.68 bits per heavy atom. The maximum Gasteiger partial charge on any atom is 0.153 e. The number of pyridine rings is 1. The van der Waals surface area contributed by atoms with Crippen LogP contribution in [0.25, 0.3) is 10.9 Å². The molecule has 1 aromatic heterocycles. The van der Waals surface area contributed by atoms with Crippen LogP contribution < -0.4 is 10.5 Å². The Morgan fingerprint density at radius 2 is 1.84 bits per heavy atom. The van der Waals surface area contributed by atoms with E-state index in [1.807, 2.05) is 48.5 Å². The first-order valence-corrected chi connectivity index (χ1v) is 6.60. The molecule has 0 bridgehead atoms. The molecule has 1 heterocycles. The average Bonchev–Trinajstić information content (AvgIpc) is 2.42. The number of aromatic nitrogens is 1. The third kappa shape index (κ3) is 2.39. The Kier molecular flexibility index (Phi) is 3.09. The number of hydrogen-bond donors (Lipinski definition) is 1. The number of ether oxygens (including phenoxy) is 1. The molecule has 0 amide bonds. The lowest BCUT2D eigenvalue weighted by atomic mass is 10.2. The molecule has 2 aromatic carbocycles. The molecule has 0 aliphatic carbocycles. The van der Waals surface area contributed by atoms with Crippen molar-refractivity contribution in [3.63, 3.8) is 0 Å². The fourth-order valence-electron chi connectivity index (χ4n) is 1.89. The molecule has 0 fully saturated rings. The van der Waals surface area contributed by atoms with E-state index in [-0.39, 0.29) is 0 Å². The molecule has 94 valence electrons. The van der Waals surface area contributed by atoms with Gasteiger partial charge in [-0.15, -0.1) is 0 Å². The topological polar surface area (TPSA) is 48.1 Å². The van der Waals surface area contributed by atoms with Gasteiger partial charge in [-0.3, -0.25) is 4.98 Å². The predicted octanol–water partition coefficient (Wildman–Crippen LogP) is 4.37. The highest BCUT2D eigenvalue weighted by Gasteiger charge is 2.06. The van der Waals surface area contributed by atoms with Gasteiger partial charge in [0.1, 0.15) is 11.3 Å². The number of halogens is 1. The second-order valence-corrected chi connectivity index (χ2v) is 5.03. The summed E-state index contributed by atoms with van der Waals surface area (Å²) in [6.07, 6.45) is 1.75. The lowest BCUT2D eigenvalue weighted by molar-refractivity contribution is 0.489. The number of para-hydroxylation sites is 1. The van der Waals surface area contributed by atoms with Crippen molar-refractivity contribution in [2.75, 3.05) is 5.73 Å². The first-order valence-electron chi connectivity index (χ1n) is 5.81. The summed E-state index contributed by atoms with van der Waals surface area (Å²) < 4.78 is 6.79. The highest BCUT2D eigenvalue weighted by Crippen LogP contribution is 2.32. The van der Waals surface area contributed by atoms with E-state index in [0.29, 0.717) is 17.2 Å². The number of hydrogen-bond acceptors (Lipinski definition) is 3. The summed E-state index contributed by atoms with van der Waals surface area (Å²) in [4.78, 5) is 4.35. The van der Waals surface area contributed by atoms with E-state index >= 15 is 0 Å². The molecule has 0 aliphatic heterocycles. The molecular weight excluding hydrogens is 304 g/mol. The summed E-state index contributed by atoms with van der Waals surface area (Å²) in [7, 11) is 0. The van der Waals surface area contributed by atoms with Gasteiger partial charge < -0.3 is 10.5 Å². The summed E-state index contributed by atoms with van der Waals surface area (Å²) >= 11 is 3.37. The quantitative estimate of drug-likeness (QED) is 0.714. The Balaban J connectivity index is 2.06. The maximum absolute atomic E-state index is 5.94. The van der Waals surface area contributed by atoms with E-state index < -0.39 is 0 Å².